The van der Waals surface area contributed by atoms with Crippen molar-refractivity contribution < 1.29 is 18.0 Å². The molecule has 3 rings (SSSR count). The lowest BCUT2D eigenvalue weighted by Crippen LogP contribution is -2.42. The largest absolute Gasteiger partial charge is 0.417 e. The zero-order valence-electron chi connectivity index (χ0n) is 15.5. The van der Waals surface area contributed by atoms with Crippen LogP contribution in [0, 0.1) is 5.41 Å². The van der Waals surface area contributed by atoms with Gasteiger partial charge in [0, 0.05) is 25.4 Å². The Morgan fingerprint density at radius 1 is 1.24 bits per heavy atom. The standard InChI is InChI=1S/C20H18ClF3N4O/c1-26-18(16-7-2-3-9-27-16)12-8-10-28(11-15(12)25)19(29)13-5-4-6-14(17(13)21)20(22,23)24/h2-7,9,25-26H,8,10-11H2,1H3/b18-12-,25-15?. The van der Waals surface area contributed by atoms with E-state index < -0.39 is 22.7 Å². The zero-order valence-corrected chi connectivity index (χ0v) is 16.2. The van der Waals surface area contributed by atoms with Crippen LogP contribution in [-0.4, -0.2) is 41.6 Å². The molecule has 1 saturated heterocycles. The van der Waals surface area contributed by atoms with E-state index in [1.54, 1.807) is 19.3 Å². The summed E-state index contributed by atoms with van der Waals surface area (Å²) >= 11 is 5.88. The third kappa shape index (κ3) is 4.27. The molecule has 5 nitrogen and oxygen atoms in total. The molecule has 0 bridgehead atoms. The molecule has 1 fully saturated rings. The molecule has 1 aromatic carbocycles. The summed E-state index contributed by atoms with van der Waals surface area (Å²) in [4.78, 5) is 18.4. The average Bonchev–Trinajstić information content (AvgIpc) is 2.69. The second kappa shape index (κ2) is 8.24. The van der Waals surface area contributed by atoms with Crippen LogP contribution in [0.25, 0.3) is 5.70 Å². The molecular formula is C20H18ClF3N4O. The highest BCUT2D eigenvalue weighted by molar-refractivity contribution is 6.34. The molecule has 2 heterocycles. The van der Waals surface area contributed by atoms with Gasteiger partial charge < -0.3 is 15.6 Å². The van der Waals surface area contributed by atoms with Crippen molar-refractivity contribution in [3.8, 4) is 0 Å². The maximum Gasteiger partial charge on any atom is 0.417 e. The van der Waals surface area contributed by atoms with Crippen LogP contribution in [0.2, 0.25) is 5.02 Å². The van der Waals surface area contributed by atoms with Crippen molar-refractivity contribution in [1.29, 1.82) is 5.41 Å². The summed E-state index contributed by atoms with van der Waals surface area (Å²) in [6.07, 6.45) is -2.64. The summed E-state index contributed by atoms with van der Waals surface area (Å²) in [6.45, 7) is 0.222. The van der Waals surface area contributed by atoms with Crippen molar-refractivity contribution in [2.24, 2.45) is 0 Å². The first-order valence-electron chi connectivity index (χ1n) is 8.79. The molecule has 0 aliphatic carbocycles. The van der Waals surface area contributed by atoms with E-state index in [4.69, 9.17) is 17.0 Å². The average molecular weight is 423 g/mol. The predicted molar refractivity (Wildman–Crippen MR) is 105 cm³/mol. The summed E-state index contributed by atoms with van der Waals surface area (Å²) in [5.41, 5.74) is 1.01. The van der Waals surface area contributed by atoms with Gasteiger partial charge in [0.2, 0.25) is 0 Å². The highest BCUT2D eigenvalue weighted by Gasteiger charge is 2.36. The second-order valence-electron chi connectivity index (χ2n) is 6.44. The highest BCUT2D eigenvalue weighted by Crippen LogP contribution is 2.36. The Labute approximate surface area is 170 Å². The minimum absolute atomic E-state index is 0.0290. The number of hydrogen-bond donors (Lipinski definition) is 2. The lowest BCUT2D eigenvalue weighted by atomic mass is 9.97. The smallest absolute Gasteiger partial charge is 0.386 e. The number of benzene rings is 1. The van der Waals surface area contributed by atoms with Crippen molar-refractivity contribution in [2.75, 3.05) is 20.1 Å². The van der Waals surface area contributed by atoms with Gasteiger partial charge in [0.25, 0.3) is 5.91 Å². The molecule has 2 aromatic rings. The van der Waals surface area contributed by atoms with Crippen LogP contribution < -0.4 is 5.32 Å². The summed E-state index contributed by atoms with van der Waals surface area (Å²) < 4.78 is 39.2. The van der Waals surface area contributed by atoms with Crippen molar-refractivity contribution in [3.63, 3.8) is 0 Å². The number of hydrogen-bond acceptors (Lipinski definition) is 4. The number of piperidine rings is 1. The summed E-state index contributed by atoms with van der Waals surface area (Å²) in [5, 5.41) is 10.8. The number of amides is 1. The molecule has 1 aliphatic heterocycles. The topological polar surface area (TPSA) is 69.1 Å². The fourth-order valence-electron chi connectivity index (χ4n) is 3.24. The van der Waals surface area contributed by atoms with E-state index in [-0.39, 0.29) is 24.4 Å². The Morgan fingerprint density at radius 3 is 2.59 bits per heavy atom. The summed E-state index contributed by atoms with van der Waals surface area (Å²) in [6, 6.07) is 8.69. The van der Waals surface area contributed by atoms with Crippen LogP contribution >= 0.6 is 11.6 Å². The van der Waals surface area contributed by atoms with Gasteiger partial charge in [-0.25, -0.2) is 0 Å². The van der Waals surface area contributed by atoms with Crippen LogP contribution in [0.5, 0.6) is 0 Å². The Bertz CT molecular complexity index is 973. The van der Waals surface area contributed by atoms with Gasteiger partial charge in [-0.2, -0.15) is 13.2 Å². The van der Waals surface area contributed by atoms with E-state index in [1.165, 1.54) is 11.0 Å². The van der Waals surface area contributed by atoms with E-state index >= 15 is 0 Å². The highest BCUT2D eigenvalue weighted by atomic mass is 35.5. The van der Waals surface area contributed by atoms with Gasteiger partial charge in [-0.1, -0.05) is 23.7 Å². The molecule has 0 spiro atoms. The Hall–Kier alpha value is -2.87. The predicted octanol–water partition coefficient (Wildman–Crippen LogP) is 4.25. The first-order valence-corrected chi connectivity index (χ1v) is 9.17. The van der Waals surface area contributed by atoms with Crippen LogP contribution in [0.3, 0.4) is 0 Å². The fraction of sp³-hybridized carbons (Fsp3) is 0.250. The Morgan fingerprint density at radius 2 is 2.00 bits per heavy atom. The third-order valence-corrected chi connectivity index (χ3v) is 5.05. The minimum Gasteiger partial charge on any atom is -0.386 e. The number of alkyl halides is 3. The number of rotatable bonds is 3. The summed E-state index contributed by atoms with van der Waals surface area (Å²) in [7, 11) is 1.73. The molecule has 1 aromatic heterocycles. The molecule has 152 valence electrons. The van der Waals surface area contributed by atoms with Gasteiger partial charge in [0.15, 0.2) is 0 Å². The molecule has 29 heavy (non-hydrogen) atoms. The quantitative estimate of drug-likeness (QED) is 0.777. The van der Waals surface area contributed by atoms with Crippen molar-refractivity contribution in [3.05, 3.63) is 70.0 Å². The molecule has 2 N–H and O–H groups in total. The van der Waals surface area contributed by atoms with Gasteiger partial charge in [-0.05, 0) is 30.7 Å². The number of pyridine rings is 1. The third-order valence-electron chi connectivity index (χ3n) is 4.64. The molecule has 0 saturated carbocycles. The molecule has 0 atom stereocenters. The molecule has 1 aliphatic rings. The van der Waals surface area contributed by atoms with Crippen molar-refractivity contribution in [1.82, 2.24) is 15.2 Å². The maximum absolute atomic E-state index is 13.1. The number of carbonyl (C=O) groups excluding carboxylic acids is 1. The first-order chi connectivity index (χ1) is 13.7. The van der Waals surface area contributed by atoms with Crippen LogP contribution in [0.4, 0.5) is 13.2 Å². The molecular weight excluding hydrogens is 405 g/mol. The monoisotopic (exact) mass is 422 g/mol. The summed E-state index contributed by atoms with van der Waals surface area (Å²) in [5.74, 6) is -0.631. The maximum atomic E-state index is 13.1. The lowest BCUT2D eigenvalue weighted by Gasteiger charge is -2.31. The number of likely N-dealkylation sites (tertiary alicyclic amines) is 1. The Kier molecular flexibility index (Phi) is 5.93. The normalized spacial score (nSPS) is 16.6. The molecule has 9 heteroatoms. The van der Waals surface area contributed by atoms with Gasteiger partial charge in [-0.3, -0.25) is 9.78 Å². The van der Waals surface area contributed by atoms with Crippen molar-refractivity contribution >= 4 is 28.9 Å². The molecule has 1 amide bonds. The number of aromatic nitrogens is 1. The number of nitrogens with one attached hydrogen (secondary N) is 2. The minimum atomic E-state index is -4.65. The first kappa shape index (κ1) is 20.9. The van der Waals surface area contributed by atoms with Gasteiger partial charge in [0.1, 0.15) is 0 Å². The van der Waals surface area contributed by atoms with Crippen LogP contribution in [-0.2, 0) is 6.18 Å². The van der Waals surface area contributed by atoms with Gasteiger partial charge in [0.05, 0.1) is 39.8 Å². The van der Waals surface area contributed by atoms with E-state index in [1.807, 2.05) is 12.1 Å². The number of nitrogens with zero attached hydrogens (tertiary/aromatic N) is 2. The van der Waals surface area contributed by atoms with E-state index in [0.29, 0.717) is 23.4 Å². The fourth-order valence-corrected chi connectivity index (χ4v) is 3.56. The molecule has 0 radical (unpaired) electrons. The SMILES string of the molecule is CN/C(=C1/CCN(C(=O)c2cccc(C(F)(F)F)c2Cl)CC1=N)c1ccccn1. The van der Waals surface area contributed by atoms with E-state index in [9.17, 15) is 18.0 Å². The Balaban J connectivity index is 1.86. The number of halogens is 4. The van der Waals surface area contributed by atoms with Gasteiger partial charge >= 0.3 is 6.18 Å². The van der Waals surface area contributed by atoms with E-state index in [2.05, 4.69) is 10.3 Å². The van der Waals surface area contributed by atoms with Gasteiger partial charge in [-0.15, -0.1) is 0 Å². The van der Waals surface area contributed by atoms with Crippen molar-refractivity contribution in [2.45, 2.75) is 12.6 Å². The molecule has 0 unspecified atom stereocenters. The number of carbonyl (C=O) groups is 1. The zero-order chi connectivity index (χ0) is 21.2. The van der Waals surface area contributed by atoms with E-state index in [0.717, 1.165) is 12.1 Å². The van der Waals surface area contributed by atoms with Crippen LogP contribution in [0.15, 0.2) is 48.2 Å². The second-order valence-corrected chi connectivity index (χ2v) is 6.82. The van der Waals surface area contributed by atoms with Crippen LogP contribution in [0.1, 0.15) is 28.0 Å². The lowest BCUT2D eigenvalue weighted by molar-refractivity contribution is -0.137.